The molecule has 0 saturated carbocycles. The maximum Gasteiger partial charge on any atom is 0.401 e. The second kappa shape index (κ2) is 7.38. The number of hydrogen-bond acceptors (Lipinski definition) is 4. The first-order chi connectivity index (χ1) is 13.7. The molecule has 9 heteroatoms. The first-order valence-corrected chi connectivity index (χ1v) is 10.6. The van der Waals surface area contributed by atoms with Crippen LogP contribution in [0.3, 0.4) is 0 Å². The van der Waals surface area contributed by atoms with Crippen molar-refractivity contribution in [3.05, 3.63) is 60.8 Å². The van der Waals surface area contributed by atoms with Gasteiger partial charge >= 0.3 is 6.18 Å². The summed E-state index contributed by atoms with van der Waals surface area (Å²) < 4.78 is 64.7. The van der Waals surface area contributed by atoms with Crippen molar-refractivity contribution in [1.29, 1.82) is 0 Å². The first kappa shape index (κ1) is 19.8. The molecule has 0 amide bonds. The Hall–Kier alpha value is -2.52. The summed E-state index contributed by atoms with van der Waals surface area (Å²) >= 11 is 0. The van der Waals surface area contributed by atoms with Gasteiger partial charge in [-0.15, -0.1) is 0 Å². The average molecular weight is 423 g/mol. The molecule has 0 atom stereocenters. The lowest BCUT2D eigenvalue weighted by Gasteiger charge is -2.36. The summed E-state index contributed by atoms with van der Waals surface area (Å²) in [7, 11) is -3.69. The predicted octanol–water partition coefficient (Wildman–Crippen LogP) is 3.56. The number of benzene rings is 2. The SMILES string of the molecule is O=S(=O)(c1ccccc1)n1ccc2cc(N3CCN(CC(F)(F)F)CC3)ccc21. The van der Waals surface area contributed by atoms with Gasteiger partial charge in [-0.1, -0.05) is 18.2 Å². The monoisotopic (exact) mass is 423 g/mol. The van der Waals surface area contributed by atoms with E-state index in [0.29, 0.717) is 31.7 Å². The second-order valence-corrected chi connectivity index (χ2v) is 8.87. The highest BCUT2D eigenvalue weighted by molar-refractivity contribution is 7.90. The number of hydrogen-bond donors (Lipinski definition) is 0. The van der Waals surface area contributed by atoms with E-state index in [9.17, 15) is 21.6 Å². The third-order valence-corrected chi connectivity index (χ3v) is 6.78. The maximum absolute atomic E-state index is 12.9. The minimum atomic E-state index is -4.19. The molecule has 154 valence electrons. The molecular formula is C20H20F3N3O2S. The van der Waals surface area contributed by atoms with E-state index in [4.69, 9.17) is 0 Å². The van der Waals surface area contributed by atoms with E-state index in [1.54, 1.807) is 42.5 Å². The summed E-state index contributed by atoms with van der Waals surface area (Å²) in [5.41, 5.74) is 1.44. The summed E-state index contributed by atoms with van der Waals surface area (Å²) in [6.45, 7) is 0.761. The Bertz CT molecular complexity index is 1100. The molecule has 0 spiro atoms. The van der Waals surface area contributed by atoms with Crippen molar-refractivity contribution < 1.29 is 21.6 Å². The Balaban J connectivity index is 1.55. The van der Waals surface area contributed by atoms with Crippen LogP contribution in [0.25, 0.3) is 10.9 Å². The fraction of sp³-hybridized carbons (Fsp3) is 0.300. The lowest BCUT2D eigenvalue weighted by Crippen LogP contribution is -2.49. The molecule has 0 radical (unpaired) electrons. The van der Waals surface area contributed by atoms with E-state index in [1.807, 2.05) is 17.0 Å². The van der Waals surface area contributed by atoms with Crippen LogP contribution in [0.1, 0.15) is 0 Å². The van der Waals surface area contributed by atoms with Gasteiger partial charge in [0.15, 0.2) is 0 Å². The van der Waals surface area contributed by atoms with Gasteiger partial charge < -0.3 is 4.90 Å². The Labute approximate surface area is 167 Å². The van der Waals surface area contributed by atoms with Crippen LogP contribution in [-0.4, -0.2) is 56.2 Å². The average Bonchev–Trinajstić information content (AvgIpc) is 3.12. The number of anilines is 1. The third kappa shape index (κ3) is 4.11. The summed E-state index contributed by atoms with van der Waals surface area (Å²) in [6.07, 6.45) is -2.66. The van der Waals surface area contributed by atoms with Gasteiger partial charge in [0, 0.05) is 43.4 Å². The number of halogens is 3. The van der Waals surface area contributed by atoms with Gasteiger partial charge in [-0.2, -0.15) is 13.2 Å². The standard InChI is InChI=1S/C20H20F3N3O2S/c21-20(22,23)15-24-10-12-25(13-11-24)17-6-7-19-16(14-17)8-9-26(19)29(27,28)18-4-2-1-3-5-18/h1-9,14H,10-13,15H2. The highest BCUT2D eigenvalue weighted by atomic mass is 32.2. The van der Waals surface area contributed by atoms with Gasteiger partial charge in [-0.3, -0.25) is 4.90 Å². The van der Waals surface area contributed by atoms with Crippen molar-refractivity contribution in [3.63, 3.8) is 0 Å². The van der Waals surface area contributed by atoms with Gasteiger partial charge in [0.25, 0.3) is 10.0 Å². The molecule has 2 aromatic carbocycles. The van der Waals surface area contributed by atoms with E-state index in [1.165, 1.54) is 15.1 Å². The molecule has 1 aromatic heterocycles. The quantitative estimate of drug-likeness (QED) is 0.644. The Morgan fingerprint density at radius 3 is 2.24 bits per heavy atom. The highest BCUT2D eigenvalue weighted by Gasteiger charge is 2.32. The maximum atomic E-state index is 12.9. The van der Waals surface area contributed by atoms with E-state index < -0.39 is 22.7 Å². The number of aromatic nitrogens is 1. The van der Waals surface area contributed by atoms with Gasteiger partial charge in [0.2, 0.25) is 0 Å². The van der Waals surface area contributed by atoms with Crippen LogP contribution < -0.4 is 4.90 Å². The van der Waals surface area contributed by atoms with Crippen molar-refractivity contribution in [1.82, 2.24) is 8.87 Å². The third-order valence-electron chi connectivity index (χ3n) is 5.08. The lowest BCUT2D eigenvalue weighted by molar-refractivity contribution is -0.146. The summed E-state index contributed by atoms with van der Waals surface area (Å²) in [5, 5.41) is 0.764. The van der Waals surface area contributed by atoms with Crippen LogP contribution in [0.15, 0.2) is 65.7 Å². The summed E-state index contributed by atoms with van der Waals surface area (Å²) in [4.78, 5) is 3.63. The van der Waals surface area contributed by atoms with E-state index in [-0.39, 0.29) is 4.90 Å². The molecule has 1 saturated heterocycles. The smallest absolute Gasteiger partial charge is 0.369 e. The molecule has 0 aliphatic carbocycles. The molecule has 29 heavy (non-hydrogen) atoms. The lowest BCUT2D eigenvalue weighted by atomic mass is 10.2. The predicted molar refractivity (Wildman–Crippen MR) is 106 cm³/mol. The van der Waals surface area contributed by atoms with Crippen molar-refractivity contribution in [2.75, 3.05) is 37.6 Å². The number of fused-ring (bicyclic) bond motifs is 1. The molecule has 1 fully saturated rings. The van der Waals surface area contributed by atoms with Crippen LogP contribution >= 0.6 is 0 Å². The fourth-order valence-corrected chi connectivity index (χ4v) is 5.01. The minimum absolute atomic E-state index is 0.211. The highest BCUT2D eigenvalue weighted by Crippen LogP contribution is 2.27. The first-order valence-electron chi connectivity index (χ1n) is 9.20. The number of nitrogens with zero attached hydrogens (tertiary/aromatic N) is 3. The molecule has 1 aliphatic rings. The normalized spacial score (nSPS) is 16.4. The second-order valence-electron chi connectivity index (χ2n) is 7.05. The molecule has 2 heterocycles. The topological polar surface area (TPSA) is 45.6 Å². The van der Waals surface area contributed by atoms with Gasteiger partial charge in [0.05, 0.1) is 17.0 Å². The number of alkyl halides is 3. The van der Waals surface area contributed by atoms with Gasteiger partial charge in [-0.05, 0) is 36.4 Å². The largest absolute Gasteiger partial charge is 0.401 e. The minimum Gasteiger partial charge on any atom is -0.369 e. The zero-order chi connectivity index (χ0) is 20.6. The van der Waals surface area contributed by atoms with Crippen LogP contribution in [0, 0.1) is 0 Å². The van der Waals surface area contributed by atoms with Crippen LogP contribution in [0.2, 0.25) is 0 Å². The van der Waals surface area contributed by atoms with Crippen molar-refractivity contribution in [2.24, 2.45) is 0 Å². The molecule has 0 N–H and O–H groups in total. The summed E-state index contributed by atoms with van der Waals surface area (Å²) in [6, 6.07) is 15.4. The zero-order valence-corrected chi connectivity index (χ0v) is 16.3. The summed E-state index contributed by atoms with van der Waals surface area (Å²) in [5.74, 6) is 0. The number of rotatable bonds is 4. The van der Waals surface area contributed by atoms with Crippen LogP contribution in [-0.2, 0) is 10.0 Å². The Morgan fingerprint density at radius 2 is 1.59 bits per heavy atom. The van der Waals surface area contributed by atoms with Crippen molar-refractivity contribution >= 4 is 26.6 Å². The molecule has 3 aromatic rings. The van der Waals surface area contributed by atoms with Gasteiger partial charge in [-0.25, -0.2) is 12.4 Å². The Morgan fingerprint density at radius 1 is 0.897 bits per heavy atom. The van der Waals surface area contributed by atoms with E-state index in [0.717, 1.165) is 11.1 Å². The Kier molecular flexibility index (Phi) is 5.04. The zero-order valence-electron chi connectivity index (χ0n) is 15.5. The molecule has 0 bridgehead atoms. The molecule has 5 nitrogen and oxygen atoms in total. The fourth-order valence-electron chi connectivity index (χ4n) is 3.63. The molecule has 0 unspecified atom stereocenters. The van der Waals surface area contributed by atoms with E-state index in [2.05, 4.69) is 0 Å². The van der Waals surface area contributed by atoms with Crippen molar-refractivity contribution in [3.8, 4) is 0 Å². The van der Waals surface area contributed by atoms with Crippen molar-refractivity contribution in [2.45, 2.75) is 11.1 Å². The molecule has 4 rings (SSSR count). The van der Waals surface area contributed by atoms with E-state index >= 15 is 0 Å². The van der Waals surface area contributed by atoms with Gasteiger partial charge in [0.1, 0.15) is 0 Å². The number of piperazine rings is 1. The van der Waals surface area contributed by atoms with Crippen LogP contribution in [0.5, 0.6) is 0 Å². The van der Waals surface area contributed by atoms with Crippen LogP contribution in [0.4, 0.5) is 18.9 Å². The molecular weight excluding hydrogens is 403 g/mol. The molecule has 1 aliphatic heterocycles.